The second kappa shape index (κ2) is 11.6. The number of hydrogen-bond donors (Lipinski definition) is 6. The number of carbonyl (C=O) groups is 1. The van der Waals surface area contributed by atoms with Crippen molar-refractivity contribution in [2.45, 2.75) is 37.0 Å². The maximum atomic E-state index is 11.5. The average molecular weight is 454 g/mol. The Labute approximate surface area is 185 Å². The van der Waals surface area contributed by atoms with Crippen LogP contribution in [0.5, 0.6) is 5.75 Å². The Kier molecular flexibility index (Phi) is 9.19. The molecule has 0 bridgehead atoms. The molecular weight excluding hydrogens is 426 g/mol. The lowest BCUT2D eigenvalue weighted by Gasteiger charge is -2.34. The first kappa shape index (κ1) is 24.5. The molecular formula is C19H28ClN7O4. The van der Waals surface area contributed by atoms with E-state index in [-0.39, 0.29) is 30.7 Å². The molecule has 9 N–H and O–H groups in total. The summed E-state index contributed by atoms with van der Waals surface area (Å²) in [5.74, 6) is -0.414. The summed E-state index contributed by atoms with van der Waals surface area (Å²) in [4.78, 5) is 20.7. The molecule has 1 aromatic carbocycles. The topological polar surface area (TPSA) is 197 Å². The molecule has 11 nitrogen and oxygen atoms in total. The number of benzene rings is 1. The van der Waals surface area contributed by atoms with Crippen LogP contribution in [0.25, 0.3) is 0 Å². The molecule has 1 aromatic rings. The van der Waals surface area contributed by atoms with Crippen molar-refractivity contribution in [3.8, 4) is 5.75 Å². The van der Waals surface area contributed by atoms with Crippen LogP contribution in [-0.2, 0) is 11.2 Å². The number of amidine groups is 1. The number of nitrogens with two attached hydrogens (primary N) is 3. The Hall–Kier alpha value is -2.73. The van der Waals surface area contributed by atoms with E-state index in [0.29, 0.717) is 25.1 Å². The van der Waals surface area contributed by atoms with Gasteiger partial charge in [-0.25, -0.2) is 0 Å². The van der Waals surface area contributed by atoms with Gasteiger partial charge in [0.1, 0.15) is 36.2 Å². The fourth-order valence-corrected chi connectivity index (χ4v) is 3.12. The van der Waals surface area contributed by atoms with Crippen molar-refractivity contribution >= 4 is 35.0 Å². The maximum absolute atomic E-state index is 11.5. The van der Waals surface area contributed by atoms with Crippen molar-refractivity contribution in [3.63, 3.8) is 0 Å². The molecule has 3 unspecified atom stereocenters. The molecule has 3 atom stereocenters. The quantitative estimate of drug-likeness (QED) is 0.0868. The Morgan fingerprint density at radius 3 is 2.74 bits per heavy atom. The second-order valence-corrected chi connectivity index (χ2v) is 7.28. The molecule has 0 aliphatic carbocycles. The van der Waals surface area contributed by atoms with Gasteiger partial charge in [0, 0.05) is 6.54 Å². The number of amides is 1. The third kappa shape index (κ3) is 6.62. The van der Waals surface area contributed by atoms with Crippen LogP contribution in [0.1, 0.15) is 18.4 Å². The monoisotopic (exact) mass is 453 g/mol. The van der Waals surface area contributed by atoms with Gasteiger partial charge in [-0.15, -0.1) is 0 Å². The third-order valence-electron chi connectivity index (χ3n) is 4.54. The van der Waals surface area contributed by atoms with Crippen LogP contribution in [0.15, 0.2) is 34.3 Å². The van der Waals surface area contributed by atoms with E-state index < -0.39 is 23.7 Å². The van der Waals surface area contributed by atoms with Crippen LogP contribution in [-0.4, -0.2) is 76.1 Å². The number of nitrogens with one attached hydrogen (secondary N) is 1. The van der Waals surface area contributed by atoms with Crippen molar-refractivity contribution in [3.05, 3.63) is 29.8 Å². The minimum absolute atomic E-state index is 0.00848. The number of para-hydroxylation sites is 1. The molecule has 0 aromatic heterocycles. The minimum Gasteiger partial charge on any atom is -0.491 e. The number of unbranched alkanes of at least 4 members (excludes halogenated alkanes) is 1. The number of primary amides is 1. The van der Waals surface area contributed by atoms with Crippen molar-refractivity contribution in [1.82, 2.24) is 4.90 Å². The zero-order valence-electron chi connectivity index (χ0n) is 16.9. The van der Waals surface area contributed by atoms with Gasteiger partial charge in [0.2, 0.25) is 0 Å². The number of aryl methyl sites for hydroxylation is 1. The van der Waals surface area contributed by atoms with E-state index in [2.05, 4.69) is 9.98 Å². The largest absolute Gasteiger partial charge is 0.491 e. The number of aliphatic hydroxyl groups is 2. The molecule has 0 fully saturated rings. The Morgan fingerprint density at radius 2 is 2.06 bits per heavy atom. The summed E-state index contributed by atoms with van der Waals surface area (Å²) in [6.07, 6.45) is 0.114. The fourth-order valence-electron chi connectivity index (χ4n) is 2.91. The number of ether oxygens (including phenoxy) is 1. The highest BCUT2D eigenvalue weighted by molar-refractivity contribution is 6.44. The lowest BCUT2D eigenvalue weighted by Crippen LogP contribution is -2.62. The molecule has 1 heterocycles. The Bertz CT molecular complexity index is 848. The minimum atomic E-state index is -1.13. The van der Waals surface area contributed by atoms with E-state index in [1.807, 2.05) is 18.2 Å². The molecule has 0 radical (unpaired) electrons. The lowest BCUT2D eigenvalue weighted by atomic mass is 10.1. The van der Waals surface area contributed by atoms with E-state index >= 15 is 0 Å². The molecule has 1 aliphatic rings. The van der Waals surface area contributed by atoms with Crippen LogP contribution in [0.2, 0.25) is 0 Å². The van der Waals surface area contributed by atoms with Gasteiger partial charge < -0.3 is 32.2 Å². The van der Waals surface area contributed by atoms with Gasteiger partial charge in [-0.2, -0.15) is 0 Å². The second-order valence-electron chi connectivity index (χ2n) is 6.87. The molecule has 0 saturated carbocycles. The lowest BCUT2D eigenvalue weighted by molar-refractivity contribution is -0.112. The molecule has 0 saturated heterocycles. The van der Waals surface area contributed by atoms with Crippen LogP contribution in [0.3, 0.4) is 0 Å². The van der Waals surface area contributed by atoms with Gasteiger partial charge >= 0.3 is 0 Å². The number of hydrogen-bond acceptors (Lipinski definition) is 8. The highest BCUT2D eigenvalue weighted by Crippen LogP contribution is 2.20. The first-order valence-electron chi connectivity index (χ1n) is 9.70. The number of aliphatic hydroxyl groups excluding tert-OH is 2. The van der Waals surface area contributed by atoms with Crippen LogP contribution in [0, 0.1) is 5.41 Å². The number of alkyl halides is 1. The third-order valence-corrected chi connectivity index (χ3v) is 4.84. The van der Waals surface area contributed by atoms with Gasteiger partial charge in [-0.1, -0.05) is 29.8 Å². The van der Waals surface area contributed by atoms with E-state index in [0.717, 1.165) is 16.9 Å². The van der Waals surface area contributed by atoms with Gasteiger partial charge in [0.05, 0.1) is 6.61 Å². The first-order chi connectivity index (χ1) is 14.8. The van der Waals surface area contributed by atoms with E-state index in [4.69, 9.17) is 44.1 Å². The van der Waals surface area contributed by atoms with Gasteiger partial charge in [0.25, 0.3) is 5.91 Å². The smallest absolute Gasteiger partial charge is 0.266 e. The van der Waals surface area contributed by atoms with Crippen molar-refractivity contribution in [2.75, 3.05) is 19.8 Å². The van der Waals surface area contributed by atoms with Gasteiger partial charge in [-0.05, 0) is 30.9 Å². The number of carbonyl (C=O) groups excluding carboxylic acids is 1. The zero-order valence-corrected chi connectivity index (χ0v) is 17.7. The molecule has 170 valence electrons. The predicted octanol–water partition coefficient (Wildman–Crippen LogP) is -0.875. The highest BCUT2D eigenvalue weighted by atomic mass is 35.5. The number of guanidine groups is 1. The summed E-state index contributed by atoms with van der Waals surface area (Å²) >= 11 is 5.96. The summed E-state index contributed by atoms with van der Waals surface area (Å²) < 4.78 is 5.56. The number of aliphatic imine (C=N–C) groups is 2. The molecule has 1 aliphatic heterocycles. The van der Waals surface area contributed by atoms with Gasteiger partial charge in [0.15, 0.2) is 11.5 Å². The Balaban J connectivity index is 1.90. The molecule has 2 rings (SSSR count). The van der Waals surface area contributed by atoms with Crippen molar-refractivity contribution in [1.29, 1.82) is 5.41 Å². The normalized spacial score (nSPS) is 20.4. The number of nitrogens with zero attached hydrogens (tertiary/aromatic N) is 3. The number of halogens is 1. The van der Waals surface area contributed by atoms with Gasteiger partial charge in [-0.3, -0.25) is 25.1 Å². The van der Waals surface area contributed by atoms with E-state index in [9.17, 15) is 9.90 Å². The van der Waals surface area contributed by atoms with Crippen LogP contribution >= 0.6 is 11.6 Å². The summed E-state index contributed by atoms with van der Waals surface area (Å²) in [6, 6.07) is 7.46. The molecule has 31 heavy (non-hydrogen) atoms. The summed E-state index contributed by atoms with van der Waals surface area (Å²) in [5.41, 5.74) is 16.9. The summed E-state index contributed by atoms with van der Waals surface area (Å²) in [7, 11) is 0. The standard InChI is InChI=1S/C19H28ClN7O4/c20-15-17(22)27(16(21)14(26-15)18(23)30)19(24)25-8-4-3-6-11-5-1-2-7-13(11)31-10-12(29)9-28/h1-2,5,7,12,15-16,22,28-29H,3-4,6,8-10,21H2,(H2,23,30)(H2,24,25). The van der Waals surface area contributed by atoms with Crippen LogP contribution in [0.4, 0.5) is 0 Å². The Morgan fingerprint density at radius 1 is 1.35 bits per heavy atom. The summed E-state index contributed by atoms with van der Waals surface area (Å²) in [5, 5.41) is 26.4. The highest BCUT2D eigenvalue weighted by Gasteiger charge is 2.36. The van der Waals surface area contributed by atoms with E-state index in [1.165, 1.54) is 0 Å². The fraction of sp³-hybridized carbons (Fsp3) is 0.474. The van der Waals surface area contributed by atoms with Crippen molar-refractivity contribution < 1.29 is 19.7 Å². The number of rotatable bonds is 10. The van der Waals surface area contributed by atoms with Crippen molar-refractivity contribution in [2.24, 2.45) is 27.2 Å². The first-order valence-corrected chi connectivity index (χ1v) is 10.1. The SMILES string of the molecule is N=C1C(Cl)N=C(C(N)=O)C(N)N1C(N)=NCCCCc1ccccc1OCC(O)CO. The molecule has 1 amide bonds. The predicted molar refractivity (Wildman–Crippen MR) is 118 cm³/mol. The molecule has 0 spiro atoms. The van der Waals surface area contributed by atoms with E-state index in [1.54, 1.807) is 6.07 Å². The zero-order chi connectivity index (χ0) is 23.0. The summed E-state index contributed by atoms with van der Waals surface area (Å²) in [6.45, 7) is 0.0100. The maximum Gasteiger partial charge on any atom is 0.266 e. The molecule has 12 heteroatoms. The average Bonchev–Trinajstić information content (AvgIpc) is 2.74. The van der Waals surface area contributed by atoms with Crippen LogP contribution < -0.4 is 21.9 Å².